The van der Waals surface area contributed by atoms with Crippen LogP contribution in [-0.4, -0.2) is 47.9 Å². The maximum absolute atomic E-state index is 11.4. The number of rotatable bonds is 3. The molecule has 1 heterocycles. The molecule has 1 saturated heterocycles. The number of amides is 1. The van der Waals surface area contributed by atoms with Crippen LogP contribution in [0.4, 0.5) is 0 Å². The fourth-order valence-electron chi connectivity index (χ4n) is 1.94. The summed E-state index contributed by atoms with van der Waals surface area (Å²) in [6, 6.07) is 2.32. The van der Waals surface area contributed by atoms with Gasteiger partial charge in [-0.25, -0.2) is 0 Å². The highest BCUT2D eigenvalue weighted by atomic mass is 16.2. The molecule has 0 aliphatic carbocycles. The van der Waals surface area contributed by atoms with Gasteiger partial charge in [-0.05, 0) is 6.42 Å². The largest absolute Gasteiger partial charge is 0.340 e. The Kier molecular flexibility index (Phi) is 4.57. The highest BCUT2D eigenvalue weighted by molar-refractivity contribution is 5.75. The van der Waals surface area contributed by atoms with Gasteiger partial charge in [0.05, 0.1) is 12.1 Å². The van der Waals surface area contributed by atoms with Crippen LogP contribution in [0.2, 0.25) is 0 Å². The Morgan fingerprint density at radius 2 is 1.93 bits per heavy atom. The number of nitrogens with zero attached hydrogens (tertiary/aromatic N) is 3. The lowest BCUT2D eigenvalue weighted by Gasteiger charge is -2.36. The quantitative estimate of drug-likeness (QED) is 0.692. The van der Waals surface area contributed by atoms with Crippen molar-refractivity contribution >= 4 is 5.91 Å². The molecule has 1 atom stereocenters. The third-order valence-electron chi connectivity index (χ3n) is 2.95. The third kappa shape index (κ3) is 2.93. The zero-order chi connectivity index (χ0) is 11.3. The highest BCUT2D eigenvalue weighted by Crippen LogP contribution is 2.09. The summed E-state index contributed by atoms with van der Waals surface area (Å²) in [6.07, 6.45) is 1.44. The second-order valence-electron chi connectivity index (χ2n) is 3.82. The van der Waals surface area contributed by atoms with Crippen LogP contribution in [0, 0.1) is 11.3 Å². The minimum Gasteiger partial charge on any atom is -0.340 e. The van der Waals surface area contributed by atoms with E-state index in [9.17, 15) is 4.79 Å². The molecule has 1 amide bonds. The van der Waals surface area contributed by atoms with Gasteiger partial charge in [0.2, 0.25) is 5.91 Å². The van der Waals surface area contributed by atoms with Gasteiger partial charge in [-0.3, -0.25) is 9.69 Å². The molecular weight excluding hydrogens is 190 g/mol. The number of nitriles is 1. The molecule has 1 aliphatic rings. The zero-order valence-electron chi connectivity index (χ0n) is 9.57. The first kappa shape index (κ1) is 12.0. The molecule has 4 heteroatoms. The Hall–Kier alpha value is -1.08. The van der Waals surface area contributed by atoms with Crippen LogP contribution in [0.25, 0.3) is 0 Å². The molecule has 84 valence electrons. The summed E-state index contributed by atoms with van der Waals surface area (Å²) in [7, 11) is 0. The van der Waals surface area contributed by atoms with Crippen LogP contribution >= 0.6 is 0 Å². The first-order valence-corrected chi connectivity index (χ1v) is 5.64. The van der Waals surface area contributed by atoms with Crippen LogP contribution < -0.4 is 0 Å². The summed E-state index contributed by atoms with van der Waals surface area (Å²) in [5.74, 6) is 0.222. The van der Waals surface area contributed by atoms with E-state index in [1.54, 1.807) is 0 Å². The molecule has 0 aromatic heterocycles. The van der Waals surface area contributed by atoms with Crippen molar-refractivity contribution in [3.8, 4) is 6.07 Å². The molecule has 0 bridgehead atoms. The minimum atomic E-state index is 0.0175. The van der Waals surface area contributed by atoms with Gasteiger partial charge in [-0.1, -0.05) is 13.8 Å². The maximum Gasteiger partial charge on any atom is 0.222 e. The van der Waals surface area contributed by atoms with Crippen LogP contribution in [-0.2, 0) is 4.79 Å². The van der Waals surface area contributed by atoms with Crippen molar-refractivity contribution in [2.24, 2.45) is 0 Å². The average molecular weight is 209 g/mol. The van der Waals surface area contributed by atoms with Crippen LogP contribution in [0.3, 0.4) is 0 Å². The Balaban J connectivity index is 2.42. The van der Waals surface area contributed by atoms with E-state index in [-0.39, 0.29) is 11.9 Å². The van der Waals surface area contributed by atoms with Crippen molar-refractivity contribution in [1.82, 2.24) is 9.80 Å². The maximum atomic E-state index is 11.4. The van der Waals surface area contributed by atoms with Crippen molar-refractivity contribution in [1.29, 1.82) is 5.26 Å². The lowest BCUT2D eigenvalue weighted by molar-refractivity contribution is -0.132. The Bertz CT molecular complexity index is 251. The molecule has 1 rings (SSSR count). The molecule has 1 unspecified atom stereocenters. The Labute approximate surface area is 91.5 Å². The van der Waals surface area contributed by atoms with Gasteiger partial charge in [0.1, 0.15) is 0 Å². The topological polar surface area (TPSA) is 47.3 Å². The summed E-state index contributed by atoms with van der Waals surface area (Å²) in [5, 5.41) is 8.93. The van der Waals surface area contributed by atoms with Gasteiger partial charge in [0, 0.05) is 32.6 Å². The van der Waals surface area contributed by atoms with E-state index in [2.05, 4.69) is 11.0 Å². The fourth-order valence-corrected chi connectivity index (χ4v) is 1.94. The normalized spacial score (nSPS) is 19.7. The fraction of sp³-hybridized carbons (Fsp3) is 0.818. The number of hydrogen-bond donors (Lipinski definition) is 0. The molecule has 0 spiro atoms. The lowest BCUT2D eigenvalue weighted by atomic mass is 10.2. The molecule has 0 radical (unpaired) electrons. The van der Waals surface area contributed by atoms with Gasteiger partial charge in [-0.2, -0.15) is 5.26 Å². The molecule has 0 aromatic carbocycles. The van der Waals surface area contributed by atoms with Crippen molar-refractivity contribution in [3.63, 3.8) is 0 Å². The van der Waals surface area contributed by atoms with Gasteiger partial charge in [-0.15, -0.1) is 0 Å². The molecule has 4 nitrogen and oxygen atoms in total. The van der Waals surface area contributed by atoms with Crippen LogP contribution in [0.15, 0.2) is 0 Å². The van der Waals surface area contributed by atoms with E-state index < -0.39 is 0 Å². The zero-order valence-corrected chi connectivity index (χ0v) is 9.57. The summed E-state index contributed by atoms with van der Waals surface area (Å²) in [5.41, 5.74) is 0. The van der Waals surface area contributed by atoms with Gasteiger partial charge >= 0.3 is 0 Å². The average Bonchev–Trinajstić information content (AvgIpc) is 2.30. The summed E-state index contributed by atoms with van der Waals surface area (Å²) in [4.78, 5) is 15.5. The van der Waals surface area contributed by atoms with Crippen molar-refractivity contribution in [2.45, 2.75) is 32.7 Å². The van der Waals surface area contributed by atoms with Gasteiger partial charge in [0.25, 0.3) is 0 Å². The van der Waals surface area contributed by atoms with E-state index in [4.69, 9.17) is 5.26 Å². The number of carbonyl (C=O) groups excluding carboxylic acids is 1. The smallest absolute Gasteiger partial charge is 0.222 e. The first-order chi connectivity index (χ1) is 7.22. The third-order valence-corrected chi connectivity index (χ3v) is 2.95. The summed E-state index contributed by atoms with van der Waals surface area (Å²) < 4.78 is 0. The van der Waals surface area contributed by atoms with E-state index in [0.29, 0.717) is 6.42 Å². The summed E-state index contributed by atoms with van der Waals surface area (Å²) >= 11 is 0. The molecule has 1 fully saturated rings. The number of hydrogen-bond acceptors (Lipinski definition) is 3. The minimum absolute atomic E-state index is 0.0175. The highest BCUT2D eigenvalue weighted by Gasteiger charge is 2.24. The summed E-state index contributed by atoms with van der Waals surface area (Å²) in [6.45, 7) is 7.11. The van der Waals surface area contributed by atoms with E-state index >= 15 is 0 Å². The van der Waals surface area contributed by atoms with Crippen LogP contribution in [0.1, 0.15) is 26.7 Å². The number of carbonyl (C=O) groups is 1. The molecule has 15 heavy (non-hydrogen) atoms. The first-order valence-electron chi connectivity index (χ1n) is 5.64. The molecule has 0 saturated carbocycles. The molecule has 1 aliphatic heterocycles. The number of piperazine rings is 1. The van der Waals surface area contributed by atoms with E-state index in [1.807, 2.05) is 18.7 Å². The standard InChI is InChI=1S/C11H19N3O/c1-3-10(9-12)13-5-7-14(8-6-13)11(15)4-2/h10H,3-8H2,1-2H3. The van der Waals surface area contributed by atoms with Crippen molar-refractivity contribution in [3.05, 3.63) is 0 Å². The second-order valence-corrected chi connectivity index (χ2v) is 3.82. The van der Waals surface area contributed by atoms with E-state index in [1.165, 1.54) is 0 Å². The SMILES string of the molecule is CCC(=O)N1CCN(C(C#N)CC)CC1. The molecule has 0 aromatic rings. The van der Waals surface area contributed by atoms with Gasteiger partial charge in [0.15, 0.2) is 0 Å². The Morgan fingerprint density at radius 3 is 2.33 bits per heavy atom. The van der Waals surface area contributed by atoms with E-state index in [0.717, 1.165) is 32.6 Å². The monoisotopic (exact) mass is 209 g/mol. The second kappa shape index (κ2) is 5.72. The Morgan fingerprint density at radius 1 is 1.33 bits per heavy atom. The predicted octanol–water partition coefficient (Wildman–Crippen LogP) is 0.843. The van der Waals surface area contributed by atoms with Crippen molar-refractivity contribution in [2.75, 3.05) is 26.2 Å². The van der Waals surface area contributed by atoms with Crippen molar-refractivity contribution < 1.29 is 4.79 Å². The molecule has 0 N–H and O–H groups in total. The van der Waals surface area contributed by atoms with Gasteiger partial charge < -0.3 is 4.90 Å². The lowest BCUT2D eigenvalue weighted by Crippen LogP contribution is -2.51. The predicted molar refractivity (Wildman–Crippen MR) is 58.1 cm³/mol. The van der Waals surface area contributed by atoms with Crippen LogP contribution in [0.5, 0.6) is 0 Å². The molecular formula is C11H19N3O.